The van der Waals surface area contributed by atoms with Gasteiger partial charge in [0.2, 0.25) is 0 Å². The quantitative estimate of drug-likeness (QED) is 0.530. The van der Waals surface area contributed by atoms with Gasteiger partial charge in [-0.15, -0.1) is 31.5 Å². The fourth-order valence-corrected chi connectivity index (χ4v) is 1.38. The third-order valence-electron chi connectivity index (χ3n) is 1.09. The highest BCUT2D eigenvalue weighted by atomic mass is 32.2. The van der Waals surface area contributed by atoms with E-state index in [0.29, 0.717) is 5.25 Å². The van der Waals surface area contributed by atoms with Crippen molar-refractivity contribution in [1.29, 1.82) is 0 Å². The Balaban J connectivity index is 3.47. The maximum Gasteiger partial charge on any atom is 0.0261 e. The van der Waals surface area contributed by atoms with Gasteiger partial charge in [-0.05, 0) is 6.42 Å². The fraction of sp³-hybridized carbons (Fsp3) is 0.333. The average molecular weight is 154 g/mol. The summed E-state index contributed by atoms with van der Waals surface area (Å²) in [4.78, 5) is 0. The van der Waals surface area contributed by atoms with Gasteiger partial charge in [-0.25, -0.2) is 0 Å². The minimum absolute atomic E-state index is 0.510. The molecule has 0 nitrogen and oxygen atoms in total. The zero-order valence-electron chi connectivity index (χ0n) is 6.25. The molecule has 0 radical (unpaired) electrons. The van der Waals surface area contributed by atoms with Crippen molar-refractivity contribution in [1.82, 2.24) is 0 Å². The van der Waals surface area contributed by atoms with E-state index in [4.69, 9.17) is 0 Å². The first-order valence-corrected chi connectivity index (χ1v) is 4.36. The molecule has 0 aliphatic rings. The van der Waals surface area contributed by atoms with Gasteiger partial charge < -0.3 is 0 Å². The van der Waals surface area contributed by atoms with Crippen molar-refractivity contribution in [3.8, 4) is 0 Å². The lowest BCUT2D eigenvalue weighted by molar-refractivity contribution is 1.08. The molecule has 0 aromatic rings. The molecule has 1 atom stereocenters. The molecule has 0 aromatic heterocycles. The number of rotatable bonds is 6. The van der Waals surface area contributed by atoms with Gasteiger partial charge in [-0.2, -0.15) is 0 Å². The lowest BCUT2D eigenvalue weighted by Gasteiger charge is -2.05. The van der Waals surface area contributed by atoms with Crippen LogP contribution in [-0.4, -0.2) is 11.0 Å². The van der Waals surface area contributed by atoms with Gasteiger partial charge in [0.25, 0.3) is 0 Å². The summed E-state index contributed by atoms with van der Waals surface area (Å²) in [5.74, 6) is 0.991. The number of thioether (sulfide) groups is 1. The standard InChI is InChI=1S/C9H14S/c1-4-7-9(6-3)10-8-5-2/h4-6,9H,1-3,7-8H2. The molecule has 0 saturated heterocycles. The van der Waals surface area contributed by atoms with Crippen molar-refractivity contribution in [3.63, 3.8) is 0 Å². The molecule has 0 spiro atoms. The van der Waals surface area contributed by atoms with E-state index in [2.05, 4.69) is 19.7 Å². The van der Waals surface area contributed by atoms with E-state index in [1.165, 1.54) is 0 Å². The molecule has 56 valence electrons. The molecule has 1 unspecified atom stereocenters. The second kappa shape index (κ2) is 6.69. The van der Waals surface area contributed by atoms with Crippen LogP contribution in [0.15, 0.2) is 38.0 Å². The van der Waals surface area contributed by atoms with Crippen LogP contribution in [0.25, 0.3) is 0 Å². The highest BCUT2D eigenvalue weighted by molar-refractivity contribution is 8.00. The summed E-state index contributed by atoms with van der Waals surface area (Å²) in [6.07, 6.45) is 6.78. The zero-order valence-corrected chi connectivity index (χ0v) is 7.07. The summed E-state index contributed by atoms with van der Waals surface area (Å²) in [7, 11) is 0. The maximum absolute atomic E-state index is 3.73. The van der Waals surface area contributed by atoms with Crippen molar-refractivity contribution in [2.45, 2.75) is 11.7 Å². The van der Waals surface area contributed by atoms with Gasteiger partial charge in [0.15, 0.2) is 0 Å². The minimum atomic E-state index is 0.510. The molecule has 0 aromatic carbocycles. The number of hydrogen-bond donors (Lipinski definition) is 0. The largest absolute Gasteiger partial charge is 0.150 e. The van der Waals surface area contributed by atoms with E-state index in [-0.39, 0.29) is 0 Å². The van der Waals surface area contributed by atoms with Crippen LogP contribution in [0.1, 0.15) is 6.42 Å². The Labute approximate surface area is 67.7 Å². The molecule has 10 heavy (non-hydrogen) atoms. The molecule has 1 heteroatoms. The van der Waals surface area contributed by atoms with E-state index >= 15 is 0 Å². The monoisotopic (exact) mass is 154 g/mol. The molecule has 0 heterocycles. The summed E-state index contributed by atoms with van der Waals surface area (Å²) >= 11 is 1.84. The maximum atomic E-state index is 3.73. The Bertz CT molecular complexity index is 116. The Kier molecular flexibility index (Phi) is 6.40. The fourth-order valence-electron chi connectivity index (χ4n) is 0.588. The van der Waals surface area contributed by atoms with Gasteiger partial charge in [0.05, 0.1) is 0 Å². The van der Waals surface area contributed by atoms with Crippen LogP contribution in [0.2, 0.25) is 0 Å². The Morgan fingerprint density at radius 3 is 2.30 bits per heavy atom. The third-order valence-corrected chi connectivity index (χ3v) is 2.33. The van der Waals surface area contributed by atoms with Gasteiger partial charge in [0, 0.05) is 11.0 Å². The van der Waals surface area contributed by atoms with Crippen LogP contribution < -0.4 is 0 Å². The first-order valence-electron chi connectivity index (χ1n) is 3.31. The van der Waals surface area contributed by atoms with Crippen LogP contribution in [0.5, 0.6) is 0 Å². The van der Waals surface area contributed by atoms with Crippen LogP contribution in [-0.2, 0) is 0 Å². The summed E-state index contributed by atoms with van der Waals surface area (Å²) in [5.41, 5.74) is 0. The van der Waals surface area contributed by atoms with E-state index in [9.17, 15) is 0 Å². The molecular formula is C9H14S. The van der Waals surface area contributed by atoms with E-state index < -0.39 is 0 Å². The van der Waals surface area contributed by atoms with Crippen LogP contribution in [0.4, 0.5) is 0 Å². The molecule has 0 aliphatic heterocycles. The van der Waals surface area contributed by atoms with Crippen molar-refractivity contribution in [3.05, 3.63) is 38.0 Å². The van der Waals surface area contributed by atoms with Gasteiger partial charge in [0.1, 0.15) is 0 Å². The normalized spacial score (nSPS) is 12.0. The van der Waals surface area contributed by atoms with Crippen LogP contribution >= 0.6 is 11.8 Å². The van der Waals surface area contributed by atoms with E-state index in [1.807, 2.05) is 30.0 Å². The van der Waals surface area contributed by atoms with Gasteiger partial charge in [-0.1, -0.05) is 18.2 Å². The summed E-state index contributed by atoms with van der Waals surface area (Å²) in [6, 6.07) is 0. The van der Waals surface area contributed by atoms with Crippen molar-refractivity contribution >= 4 is 11.8 Å². The lowest BCUT2D eigenvalue weighted by Crippen LogP contribution is -1.95. The molecule has 0 amide bonds. The highest BCUT2D eigenvalue weighted by Crippen LogP contribution is 2.15. The molecule has 0 fully saturated rings. The first-order chi connectivity index (χ1) is 4.85. The molecule has 0 aliphatic carbocycles. The number of hydrogen-bond acceptors (Lipinski definition) is 1. The van der Waals surface area contributed by atoms with Crippen molar-refractivity contribution < 1.29 is 0 Å². The Morgan fingerprint density at radius 2 is 1.90 bits per heavy atom. The third kappa shape index (κ3) is 4.45. The highest BCUT2D eigenvalue weighted by Gasteiger charge is 1.98. The summed E-state index contributed by atoms with van der Waals surface area (Å²) < 4.78 is 0. The second-order valence-corrected chi connectivity index (χ2v) is 3.19. The van der Waals surface area contributed by atoms with Gasteiger partial charge in [-0.3, -0.25) is 0 Å². The van der Waals surface area contributed by atoms with E-state index in [1.54, 1.807) is 0 Å². The second-order valence-electron chi connectivity index (χ2n) is 1.92. The smallest absolute Gasteiger partial charge is 0.0261 e. The topological polar surface area (TPSA) is 0 Å². The van der Waals surface area contributed by atoms with Crippen LogP contribution in [0.3, 0.4) is 0 Å². The Hall–Kier alpha value is -0.430. The number of allylic oxidation sites excluding steroid dienone is 1. The average Bonchev–Trinajstić information content (AvgIpc) is 1.98. The van der Waals surface area contributed by atoms with Crippen molar-refractivity contribution in [2.24, 2.45) is 0 Å². The lowest BCUT2D eigenvalue weighted by atomic mass is 10.3. The predicted molar refractivity (Wildman–Crippen MR) is 51.5 cm³/mol. The molecule has 0 saturated carbocycles. The SMILES string of the molecule is C=CCSC(C=C)CC=C. The van der Waals surface area contributed by atoms with Gasteiger partial charge >= 0.3 is 0 Å². The Morgan fingerprint density at radius 1 is 1.20 bits per heavy atom. The van der Waals surface area contributed by atoms with E-state index in [0.717, 1.165) is 12.2 Å². The minimum Gasteiger partial charge on any atom is -0.150 e. The summed E-state index contributed by atoms with van der Waals surface area (Å²) in [5, 5.41) is 0.510. The van der Waals surface area contributed by atoms with Crippen LogP contribution in [0, 0.1) is 0 Å². The predicted octanol–water partition coefficient (Wildman–Crippen LogP) is 3.04. The zero-order chi connectivity index (χ0) is 7.82. The molecule has 0 bridgehead atoms. The molecular weight excluding hydrogens is 140 g/mol. The molecule has 0 rings (SSSR count). The first kappa shape index (κ1) is 9.57. The summed E-state index contributed by atoms with van der Waals surface area (Å²) in [6.45, 7) is 11.0. The molecule has 0 N–H and O–H groups in total. The van der Waals surface area contributed by atoms with Crippen molar-refractivity contribution in [2.75, 3.05) is 5.75 Å².